The van der Waals surface area contributed by atoms with E-state index in [0.717, 1.165) is 5.56 Å². The molecule has 3 rings (SSSR count). The van der Waals surface area contributed by atoms with Crippen LogP contribution in [0, 0.1) is 0 Å². The van der Waals surface area contributed by atoms with E-state index in [2.05, 4.69) is 10.1 Å². The van der Waals surface area contributed by atoms with Gasteiger partial charge in [0.2, 0.25) is 0 Å². The monoisotopic (exact) mass is 298 g/mol. The van der Waals surface area contributed by atoms with E-state index in [-0.39, 0.29) is 17.4 Å². The van der Waals surface area contributed by atoms with E-state index in [4.69, 9.17) is 14.4 Å². The third kappa shape index (κ3) is 2.50. The predicted molar refractivity (Wildman–Crippen MR) is 80.0 cm³/mol. The summed E-state index contributed by atoms with van der Waals surface area (Å²) in [5.41, 5.74) is 2.26. The lowest BCUT2D eigenvalue weighted by Crippen LogP contribution is -2.05. The second kappa shape index (κ2) is 5.48. The first-order valence-corrected chi connectivity index (χ1v) is 6.82. The van der Waals surface area contributed by atoms with Crippen LogP contribution >= 0.6 is 0 Å². The van der Waals surface area contributed by atoms with Gasteiger partial charge in [0.25, 0.3) is 5.71 Å². The molecule has 2 heterocycles. The summed E-state index contributed by atoms with van der Waals surface area (Å²) in [4.78, 5) is 15.4. The molecule has 22 heavy (non-hydrogen) atoms. The van der Waals surface area contributed by atoms with Crippen molar-refractivity contribution in [2.45, 2.75) is 19.8 Å². The Morgan fingerprint density at radius 1 is 1.27 bits per heavy atom. The van der Waals surface area contributed by atoms with Crippen molar-refractivity contribution in [1.82, 2.24) is 10.1 Å². The van der Waals surface area contributed by atoms with E-state index in [1.807, 2.05) is 44.2 Å². The number of pyridine rings is 1. The van der Waals surface area contributed by atoms with Crippen LogP contribution < -0.4 is 4.74 Å². The first-order chi connectivity index (χ1) is 10.6. The minimum atomic E-state index is -1.39. The highest BCUT2D eigenvalue weighted by Crippen LogP contribution is 2.35. The lowest BCUT2D eigenvalue weighted by atomic mass is 10.1. The van der Waals surface area contributed by atoms with Crippen LogP contribution in [-0.2, 0) is 0 Å². The average molecular weight is 298 g/mol. The molecule has 1 aromatic carbocycles. The van der Waals surface area contributed by atoms with Crippen LogP contribution in [0.2, 0.25) is 0 Å². The fourth-order valence-electron chi connectivity index (χ4n) is 2.20. The molecular weight excluding hydrogens is 284 g/mol. The van der Waals surface area contributed by atoms with Gasteiger partial charge in [-0.1, -0.05) is 49.3 Å². The summed E-state index contributed by atoms with van der Waals surface area (Å²) in [6, 6.07) is 10.9. The van der Waals surface area contributed by atoms with Crippen LogP contribution in [-0.4, -0.2) is 21.4 Å². The highest BCUT2D eigenvalue weighted by molar-refractivity contribution is 5.95. The number of rotatable bonds is 3. The largest absolute Gasteiger partial charge is 0.511 e. The maximum Gasteiger partial charge on any atom is 0.511 e. The Hall–Kier alpha value is -2.89. The SMILES string of the molecule is CC(C)c1cc(OC(=O)O)c2c(-c3ccccc3)noc2n1. The topological polar surface area (TPSA) is 85.5 Å². The molecule has 0 amide bonds. The molecule has 0 saturated heterocycles. The Balaban J connectivity index is 2.26. The van der Waals surface area contributed by atoms with Crippen molar-refractivity contribution in [1.29, 1.82) is 0 Å². The lowest BCUT2D eigenvalue weighted by Gasteiger charge is -2.07. The van der Waals surface area contributed by atoms with Gasteiger partial charge in [0.15, 0.2) is 5.75 Å². The van der Waals surface area contributed by atoms with E-state index in [9.17, 15) is 4.79 Å². The molecule has 0 aliphatic carbocycles. The Morgan fingerprint density at radius 2 is 2.00 bits per heavy atom. The number of hydrogen-bond donors (Lipinski definition) is 1. The molecule has 0 spiro atoms. The maximum atomic E-state index is 11.0. The third-order valence-electron chi connectivity index (χ3n) is 3.27. The number of aromatic nitrogens is 2. The number of benzene rings is 1. The van der Waals surface area contributed by atoms with Crippen molar-refractivity contribution >= 4 is 17.3 Å². The van der Waals surface area contributed by atoms with Gasteiger partial charge in [-0.15, -0.1) is 0 Å². The summed E-state index contributed by atoms with van der Waals surface area (Å²) in [6.45, 7) is 3.90. The number of ether oxygens (including phenoxy) is 1. The van der Waals surface area contributed by atoms with Crippen molar-refractivity contribution in [3.05, 3.63) is 42.1 Å². The van der Waals surface area contributed by atoms with Crippen molar-refractivity contribution < 1.29 is 19.2 Å². The lowest BCUT2D eigenvalue weighted by molar-refractivity contribution is 0.145. The summed E-state index contributed by atoms with van der Waals surface area (Å²) < 4.78 is 10.2. The zero-order chi connectivity index (χ0) is 15.7. The van der Waals surface area contributed by atoms with Crippen LogP contribution in [0.3, 0.4) is 0 Å². The zero-order valence-electron chi connectivity index (χ0n) is 12.1. The third-order valence-corrected chi connectivity index (χ3v) is 3.27. The van der Waals surface area contributed by atoms with Crippen LogP contribution in [0.15, 0.2) is 40.9 Å². The summed E-state index contributed by atoms with van der Waals surface area (Å²) in [7, 11) is 0. The molecule has 0 aliphatic rings. The molecule has 112 valence electrons. The minimum Gasteiger partial charge on any atom is -0.449 e. The molecule has 0 radical (unpaired) electrons. The summed E-state index contributed by atoms with van der Waals surface area (Å²) in [5.74, 6) is 0.284. The van der Waals surface area contributed by atoms with Crippen LogP contribution in [0.1, 0.15) is 25.5 Å². The smallest absolute Gasteiger partial charge is 0.449 e. The van der Waals surface area contributed by atoms with E-state index >= 15 is 0 Å². The normalized spacial score (nSPS) is 11.0. The van der Waals surface area contributed by atoms with Gasteiger partial charge in [-0.3, -0.25) is 0 Å². The quantitative estimate of drug-likeness (QED) is 0.733. The summed E-state index contributed by atoms with van der Waals surface area (Å²) >= 11 is 0. The van der Waals surface area contributed by atoms with E-state index in [1.165, 1.54) is 0 Å². The molecule has 0 fully saturated rings. The number of hydrogen-bond acceptors (Lipinski definition) is 5. The van der Waals surface area contributed by atoms with Crippen LogP contribution in [0.25, 0.3) is 22.4 Å². The Kier molecular flexibility index (Phi) is 3.50. The number of fused-ring (bicyclic) bond motifs is 1. The van der Waals surface area contributed by atoms with Gasteiger partial charge in [0, 0.05) is 11.6 Å². The molecule has 0 saturated carbocycles. The van der Waals surface area contributed by atoms with Gasteiger partial charge < -0.3 is 14.4 Å². The molecule has 3 aromatic rings. The van der Waals surface area contributed by atoms with Gasteiger partial charge in [-0.05, 0) is 5.92 Å². The first kappa shape index (κ1) is 14.1. The van der Waals surface area contributed by atoms with Gasteiger partial charge in [-0.25, -0.2) is 9.78 Å². The number of carboxylic acid groups (broad SMARTS) is 1. The average Bonchev–Trinajstić information content (AvgIpc) is 2.91. The van der Waals surface area contributed by atoms with Gasteiger partial charge >= 0.3 is 6.16 Å². The minimum absolute atomic E-state index is 0.103. The second-order valence-electron chi connectivity index (χ2n) is 5.15. The van der Waals surface area contributed by atoms with E-state index in [0.29, 0.717) is 16.8 Å². The second-order valence-corrected chi connectivity index (χ2v) is 5.15. The van der Waals surface area contributed by atoms with Gasteiger partial charge in [0.05, 0.1) is 5.69 Å². The van der Waals surface area contributed by atoms with Gasteiger partial charge in [-0.2, -0.15) is 0 Å². The summed E-state index contributed by atoms with van der Waals surface area (Å²) in [6.07, 6.45) is -1.39. The van der Waals surface area contributed by atoms with E-state index in [1.54, 1.807) is 6.07 Å². The highest BCUT2D eigenvalue weighted by atomic mass is 16.7. The van der Waals surface area contributed by atoms with E-state index < -0.39 is 6.16 Å². The molecule has 6 nitrogen and oxygen atoms in total. The highest BCUT2D eigenvalue weighted by Gasteiger charge is 2.20. The van der Waals surface area contributed by atoms with Crippen molar-refractivity contribution in [3.8, 4) is 17.0 Å². The Morgan fingerprint density at radius 3 is 2.64 bits per heavy atom. The Labute approximate surface area is 126 Å². The fourth-order valence-corrected chi connectivity index (χ4v) is 2.20. The molecule has 0 aliphatic heterocycles. The van der Waals surface area contributed by atoms with Crippen LogP contribution in [0.4, 0.5) is 4.79 Å². The Bertz CT molecular complexity index is 825. The number of nitrogens with zero attached hydrogens (tertiary/aromatic N) is 2. The molecule has 0 bridgehead atoms. The molecule has 1 N–H and O–H groups in total. The van der Waals surface area contributed by atoms with Crippen molar-refractivity contribution in [3.63, 3.8) is 0 Å². The van der Waals surface area contributed by atoms with Crippen LogP contribution in [0.5, 0.6) is 5.75 Å². The molecule has 0 unspecified atom stereocenters. The van der Waals surface area contributed by atoms with Crippen molar-refractivity contribution in [2.75, 3.05) is 0 Å². The predicted octanol–water partition coefficient (Wildman–Crippen LogP) is 4.07. The molecular formula is C16H14N2O4. The molecule has 0 atom stereocenters. The zero-order valence-corrected chi connectivity index (χ0v) is 12.1. The summed E-state index contributed by atoms with van der Waals surface area (Å²) in [5, 5.41) is 13.4. The first-order valence-electron chi connectivity index (χ1n) is 6.82. The molecule has 2 aromatic heterocycles. The van der Waals surface area contributed by atoms with Crippen molar-refractivity contribution in [2.24, 2.45) is 0 Å². The number of carbonyl (C=O) groups is 1. The molecule has 6 heteroatoms. The van der Waals surface area contributed by atoms with Gasteiger partial charge in [0.1, 0.15) is 11.1 Å². The standard InChI is InChI=1S/C16H14N2O4/c1-9(2)11-8-12(21-16(19)20)13-14(18-22-15(13)17-11)10-6-4-3-5-7-10/h3-9H,1-2H3,(H,19,20). The maximum absolute atomic E-state index is 11.0. The fraction of sp³-hybridized carbons (Fsp3) is 0.188.